The Kier molecular flexibility index (Phi) is 3.53. The third kappa shape index (κ3) is 2.51. The van der Waals surface area contributed by atoms with Gasteiger partial charge in [0.15, 0.2) is 0 Å². The highest BCUT2D eigenvalue weighted by atomic mass is 35.5. The second kappa shape index (κ2) is 5.16. The summed E-state index contributed by atoms with van der Waals surface area (Å²) in [5, 5.41) is 2.31. The van der Waals surface area contributed by atoms with Gasteiger partial charge in [0.05, 0.1) is 9.71 Å². The molecule has 1 unspecified atom stereocenters. The molecule has 0 bridgehead atoms. The van der Waals surface area contributed by atoms with E-state index < -0.39 is 0 Å². The molecule has 1 atom stereocenters. The van der Waals surface area contributed by atoms with Crippen LogP contribution in [0.3, 0.4) is 0 Å². The largest absolute Gasteiger partial charge is 0.126 e. The fourth-order valence-electron chi connectivity index (χ4n) is 2.14. The van der Waals surface area contributed by atoms with Crippen molar-refractivity contribution in [1.82, 2.24) is 0 Å². The highest BCUT2D eigenvalue weighted by molar-refractivity contribution is 7.16. The molecule has 0 saturated heterocycles. The number of aryl methyl sites for hydroxylation is 1. The molecule has 1 heterocycles. The Balaban J connectivity index is 2.03. The number of hydrogen-bond acceptors (Lipinski definition) is 1. The number of thiophene rings is 1. The van der Waals surface area contributed by atoms with Crippen LogP contribution in [0.5, 0.6) is 0 Å². The maximum Gasteiger partial charge on any atom is 0.0960 e. The van der Waals surface area contributed by atoms with Crippen LogP contribution >= 0.6 is 34.5 Å². The molecule has 0 aliphatic heterocycles. The summed E-state index contributed by atoms with van der Waals surface area (Å²) in [5.41, 5.74) is 2.20. The van der Waals surface area contributed by atoms with Gasteiger partial charge in [-0.15, -0.1) is 22.9 Å². The maximum absolute atomic E-state index is 6.57. The zero-order chi connectivity index (χ0) is 13.4. The minimum atomic E-state index is -0.138. The van der Waals surface area contributed by atoms with Crippen LogP contribution in [-0.4, -0.2) is 0 Å². The summed E-state index contributed by atoms with van der Waals surface area (Å²) in [6, 6.07) is 16.7. The van der Waals surface area contributed by atoms with E-state index in [9.17, 15) is 0 Å². The highest BCUT2D eigenvalue weighted by Crippen LogP contribution is 2.38. The Bertz CT molecular complexity index is 711. The average molecular weight is 307 g/mol. The Morgan fingerprint density at radius 1 is 1.00 bits per heavy atom. The number of alkyl halides is 1. The van der Waals surface area contributed by atoms with Crippen molar-refractivity contribution in [1.29, 1.82) is 0 Å². The molecule has 0 spiro atoms. The molecular weight excluding hydrogens is 295 g/mol. The minimum Gasteiger partial charge on any atom is -0.126 e. The smallest absolute Gasteiger partial charge is 0.0960 e. The van der Waals surface area contributed by atoms with Crippen LogP contribution < -0.4 is 0 Å². The lowest BCUT2D eigenvalue weighted by molar-refractivity contribution is 1.19. The SMILES string of the molecule is Cc1cc(C(Cl)c2ccc3ccccc3c2)sc1Cl. The predicted molar refractivity (Wildman–Crippen MR) is 85.7 cm³/mol. The van der Waals surface area contributed by atoms with Gasteiger partial charge in [-0.2, -0.15) is 0 Å². The van der Waals surface area contributed by atoms with Crippen molar-refractivity contribution in [2.75, 3.05) is 0 Å². The van der Waals surface area contributed by atoms with E-state index in [-0.39, 0.29) is 5.38 Å². The van der Waals surface area contributed by atoms with Crippen molar-refractivity contribution in [3.8, 4) is 0 Å². The molecule has 0 fully saturated rings. The van der Waals surface area contributed by atoms with Crippen molar-refractivity contribution in [3.63, 3.8) is 0 Å². The average Bonchev–Trinajstić information content (AvgIpc) is 2.77. The second-order valence-electron chi connectivity index (χ2n) is 4.57. The molecule has 0 aliphatic carbocycles. The second-order valence-corrected chi connectivity index (χ2v) is 6.70. The van der Waals surface area contributed by atoms with Gasteiger partial charge in [0.1, 0.15) is 0 Å². The fourth-order valence-corrected chi connectivity index (χ4v) is 3.69. The minimum absolute atomic E-state index is 0.138. The Morgan fingerprint density at radius 3 is 2.42 bits per heavy atom. The summed E-state index contributed by atoms with van der Waals surface area (Å²) in [4.78, 5) is 1.10. The first-order valence-electron chi connectivity index (χ1n) is 6.04. The van der Waals surface area contributed by atoms with Crippen LogP contribution in [-0.2, 0) is 0 Å². The number of rotatable bonds is 2. The molecular formula is C16H12Cl2S. The fraction of sp³-hybridized carbons (Fsp3) is 0.125. The monoisotopic (exact) mass is 306 g/mol. The lowest BCUT2D eigenvalue weighted by Crippen LogP contribution is -1.90. The molecule has 3 aromatic rings. The Morgan fingerprint density at radius 2 is 1.74 bits per heavy atom. The van der Waals surface area contributed by atoms with Gasteiger partial charge in [-0.1, -0.05) is 48.0 Å². The van der Waals surface area contributed by atoms with Crippen molar-refractivity contribution in [2.24, 2.45) is 0 Å². The molecule has 19 heavy (non-hydrogen) atoms. The quantitative estimate of drug-likeness (QED) is 0.495. The lowest BCUT2D eigenvalue weighted by Gasteiger charge is -2.09. The summed E-state index contributed by atoms with van der Waals surface area (Å²) in [6.07, 6.45) is 0. The van der Waals surface area contributed by atoms with Crippen molar-refractivity contribution >= 4 is 45.3 Å². The third-order valence-electron chi connectivity index (χ3n) is 3.19. The number of halogens is 2. The Hall–Kier alpha value is -1.02. The lowest BCUT2D eigenvalue weighted by atomic mass is 10.0. The van der Waals surface area contributed by atoms with Crippen LogP contribution in [0, 0.1) is 6.92 Å². The van der Waals surface area contributed by atoms with E-state index in [0.717, 1.165) is 20.3 Å². The van der Waals surface area contributed by atoms with E-state index >= 15 is 0 Å². The molecule has 3 heteroatoms. The van der Waals surface area contributed by atoms with E-state index in [1.54, 1.807) is 11.3 Å². The topological polar surface area (TPSA) is 0 Å². The van der Waals surface area contributed by atoms with Crippen LogP contribution in [0.1, 0.15) is 21.4 Å². The summed E-state index contributed by atoms with van der Waals surface area (Å²) in [5.74, 6) is 0. The van der Waals surface area contributed by atoms with Gasteiger partial charge >= 0.3 is 0 Å². The molecule has 0 N–H and O–H groups in total. The van der Waals surface area contributed by atoms with Gasteiger partial charge in [-0.3, -0.25) is 0 Å². The van der Waals surface area contributed by atoms with Gasteiger partial charge < -0.3 is 0 Å². The molecule has 0 amide bonds. The highest BCUT2D eigenvalue weighted by Gasteiger charge is 2.15. The van der Waals surface area contributed by atoms with Crippen molar-refractivity contribution < 1.29 is 0 Å². The van der Waals surface area contributed by atoms with E-state index in [1.807, 2.05) is 19.1 Å². The summed E-state index contributed by atoms with van der Waals surface area (Å²) in [6.45, 7) is 2.01. The normalized spacial score (nSPS) is 12.8. The van der Waals surface area contributed by atoms with Crippen molar-refractivity contribution in [3.05, 3.63) is 68.9 Å². The predicted octanol–water partition coefficient (Wildman–Crippen LogP) is 6.19. The molecule has 0 nitrogen and oxygen atoms in total. The van der Waals surface area contributed by atoms with E-state index in [0.29, 0.717) is 0 Å². The van der Waals surface area contributed by atoms with Crippen LogP contribution in [0.25, 0.3) is 10.8 Å². The zero-order valence-electron chi connectivity index (χ0n) is 10.4. The van der Waals surface area contributed by atoms with Gasteiger partial charge in [-0.05, 0) is 41.0 Å². The number of hydrogen-bond donors (Lipinski definition) is 0. The van der Waals surface area contributed by atoms with E-state index in [4.69, 9.17) is 23.2 Å². The molecule has 96 valence electrons. The third-order valence-corrected chi connectivity index (χ3v) is 5.43. The molecule has 0 radical (unpaired) electrons. The molecule has 3 rings (SSSR count). The van der Waals surface area contributed by atoms with Gasteiger partial charge in [0, 0.05) is 4.88 Å². The molecule has 0 aliphatic rings. The Labute approximate surface area is 126 Å². The molecule has 0 saturated carbocycles. The standard InChI is InChI=1S/C16H12Cl2S/c1-10-8-14(19-16(10)18)15(17)13-7-6-11-4-2-3-5-12(11)9-13/h2-9,15H,1H3. The summed E-state index contributed by atoms with van der Waals surface area (Å²) < 4.78 is 0.821. The van der Waals surface area contributed by atoms with Gasteiger partial charge in [0.2, 0.25) is 0 Å². The van der Waals surface area contributed by atoms with Crippen LogP contribution in [0.2, 0.25) is 4.34 Å². The summed E-state index contributed by atoms with van der Waals surface area (Å²) in [7, 11) is 0. The van der Waals surface area contributed by atoms with Crippen LogP contribution in [0.15, 0.2) is 48.5 Å². The number of benzene rings is 2. The van der Waals surface area contributed by atoms with E-state index in [2.05, 4.69) is 36.4 Å². The first kappa shape index (κ1) is 13.0. The zero-order valence-corrected chi connectivity index (χ0v) is 12.7. The van der Waals surface area contributed by atoms with Crippen molar-refractivity contribution in [2.45, 2.75) is 12.3 Å². The number of fused-ring (bicyclic) bond motifs is 1. The maximum atomic E-state index is 6.57. The van der Waals surface area contributed by atoms with Gasteiger partial charge in [0.25, 0.3) is 0 Å². The molecule has 2 aromatic carbocycles. The summed E-state index contributed by atoms with van der Waals surface area (Å²) >= 11 is 14.2. The molecule has 1 aromatic heterocycles. The first-order valence-corrected chi connectivity index (χ1v) is 7.67. The van der Waals surface area contributed by atoms with Gasteiger partial charge in [-0.25, -0.2) is 0 Å². The van der Waals surface area contributed by atoms with Crippen LogP contribution in [0.4, 0.5) is 0 Å². The first-order chi connectivity index (χ1) is 9.15. The van der Waals surface area contributed by atoms with E-state index in [1.165, 1.54) is 10.8 Å².